The van der Waals surface area contributed by atoms with Crippen LogP contribution in [0.3, 0.4) is 0 Å². The molecule has 6 heteroatoms. The molecule has 2 amide bonds. The highest BCUT2D eigenvalue weighted by molar-refractivity contribution is 6.42. The fourth-order valence-electron chi connectivity index (χ4n) is 2.99. The lowest BCUT2D eigenvalue weighted by Gasteiger charge is -2.29. The van der Waals surface area contributed by atoms with Gasteiger partial charge in [0.25, 0.3) is 0 Å². The molecule has 2 aromatic carbocycles. The van der Waals surface area contributed by atoms with Gasteiger partial charge in [0.05, 0.1) is 10.0 Å². The van der Waals surface area contributed by atoms with Crippen molar-refractivity contribution in [2.45, 2.75) is 52.1 Å². The number of halogens is 2. The number of aryl methyl sites for hydroxylation is 1. The lowest BCUT2D eigenvalue weighted by Crippen LogP contribution is -2.47. The van der Waals surface area contributed by atoms with Crippen molar-refractivity contribution in [3.8, 4) is 0 Å². The Labute approximate surface area is 183 Å². The maximum absolute atomic E-state index is 13.0. The number of nitrogens with zero attached hydrogens (tertiary/aromatic N) is 1. The molecule has 0 aliphatic carbocycles. The molecule has 0 aliphatic heterocycles. The number of hydrogen-bond donors (Lipinski definition) is 1. The fraction of sp³-hybridized carbons (Fsp3) is 0.391. The number of hydrogen-bond acceptors (Lipinski definition) is 2. The molecule has 0 radical (unpaired) electrons. The van der Waals surface area contributed by atoms with Crippen molar-refractivity contribution < 1.29 is 9.59 Å². The van der Waals surface area contributed by atoms with Crippen molar-refractivity contribution >= 4 is 35.0 Å². The topological polar surface area (TPSA) is 49.4 Å². The van der Waals surface area contributed by atoms with E-state index in [1.54, 1.807) is 24.0 Å². The Morgan fingerprint density at radius 1 is 1.03 bits per heavy atom. The highest BCUT2D eigenvalue weighted by atomic mass is 35.5. The van der Waals surface area contributed by atoms with Gasteiger partial charge in [-0.15, -0.1) is 0 Å². The van der Waals surface area contributed by atoms with Gasteiger partial charge >= 0.3 is 0 Å². The first kappa shape index (κ1) is 23.2. The summed E-state index contributed by atoms with van der Waals surface area (Å²) in [6, 6.07) is 14.5. The normalized spacial score (nSPS) is 11.7. The minimum absolute atomic E-state index is 0.0712. The van der Waals surface area contributed by atoms with Crippen LogP contribution in [-0.2, 0) is 22.6 Å². The largest absolute Gasteiger partial charge is 0.354 e. The number of unbranched alkanes of at least 4 members (excludes halogenated alkanes) is 1. The quantitative estimate of drug-likeness (QED) is 0.518. The van der Waals surface area contributed by atoms with Crippen molar-refractivity contribution in [3.05, 3.63) is 69.7 Å². The molecule has 4 nitrogen and oxygen atoms in total. The Balaban J connectivity index is 2.13. The van der Waals surface area contributed by atoms with E-state index in [0.717, 1.165) is 24.0 Å². The van der Waals surface area contributed by atoms with E-state index in [1.165, 1.54) is 0 Å². The summed E-state index contributed by atoms with van der Waals surface area (Å²) in [5.74, 6) is -0.218. The molecule has 0 aromatic heterocycles. The van der Waals surface area contributed by atoms with Gasteiger partial charge in [0.1, 0.15) is 6.04 Å². The first-order valence-electron chi connectivity index (χ1n) is 9.97. The molecule has 0 aliphatic rings. The van der Waals surface area contributed by atoms with Crippen LogP contribution in [0.5, 0.6) is 0 Å². The molecule has 0 unspecified atom stereocenters. The highest BCUT2D eigenvalue weighted by Crippen LogP contribution is 2.24. The van der Waals surface area contributed by atoms with Crippen molar-refractivity contribution in [2.75, 3.05) is 6.54 Å². The van der Waals surface area contributed by atoms with Gasteiger partial charge in [0.15, 0.2) is 0 Å². The second-order valence-corrected chi connectivity index (χ2v) is 7.89. The van der Waals surface area contributed by atoms with Crippen LogP contribution in [0.15, 0.2) is 48.5 Å². The molecule has 0 saturated heterocycles. The van der Waals surface area contributed by atoms with E-state index in [1.807, 2.05) is 36.4 Å². The molecule has 0 spiro atoms. The number of carbonyl (C=O) groups excluding carboxylic acids is 2. The molecular formula is C23H28Cl2N2O2. The predicted molar refractivity (Wildman–Crippen MR) is 119 cm³/mol. The summed E-state index contributed by atoms with van der Waals surface area (Å²) in [5.41, 5.74) is 1.93. The van der Waals surface area contributed by atoms with Crippen LogP contribution in [0.4, 0.5) is 0 Å². The number of nitrogens with one attached hydrogen (secondary N) is 1. The first-order valence-corrected chi connectivity index (χ1v) is 10.7. The standard InChI is InChI=1S/C23H28Cl2N2O2/c1-3-4-14-26-23(29)17(2)27(16-19-10-12-20(24)21(25)15-19)22(28)13-11-18-8-6-5-7-9-18/h5-10,12,15,17H,3-4,11,13-14,16H2,1-2H3,(H,26,29)/t17-/m0/s1. The molecule has 2 rings (SSSR count). The zero-order chi connectivity index (χ0) is 21.2. The number of rotatable bonds is 10. The first-order chi connectivity index (χ1) is 13.9. The summed E-state index contributed by atoms with van der Waals surface area (Å²) in [6.45, 7) is 4.74. The summed E-state index contributed by atoms with van der Waals surface area (Å²) in [7, 11) is 0. The van der Waals surface area contributed by atoms with Gasteiger partial charge in [-0.1, -0.05) is 72.9 Å². The van der Waals surface area contributed by atoms with Crippen LogP contribution in [-0.4, -0.2) is 29.3 Å². The van der Waals surface area contributed by atoms with E-state index in [4.69, 9.17) is 23.2 Å². The second-order valence-electron chi connectivity index (χ2n) is 7.08. The Morgan fingerprint density at radius 2 is 1.76 bits per heavy atom. The molecular weight excluding hydrogens is 407 g/mol. The maximum Gasteiger partial charge on any atom is 0.242 e. The van der Waals surface area contributed by atoms with Crippen LogP contribution < -0.4 is 5.32 Å². The molecule has 2 aromatic rings. The summed E-state index contributed by atoms with van der Waals surface area (Å²) in [4.78, 5) is 27.2. The molecule has 1 N–H and O–H groups in total. The Morgan fingerprint density at radius 3 is 2.41 bits per heavy atom. The van der Waals surface area contributed by atoms with E-state index in [-0.39, 0.29) is 11.8 Å². The fourth-order valence-corrected chi connectivity index (χ4v) is 3.31. The Kier molecular flexibility index (Phi) is 9.49. The van der Waals surface area contributed by atoms with Crippen molar-refractivity contribution in [1.29, 1.82) is 0 Å². The number of amides is 2. The lowest BCUT2D eigenvalue weighted by atomic mass is 10.1. The zero-order valence-electron chi connectivity index (χ0n) is 17.0. The van der Waals surface area contributed by atoms with Crippen LogP contribution in [0, 0.1) is 0 Å². The average Bonchev–Trinajstić information content (AvgIpc) is 2.73. The van der Waals surface area contributed by atoms with Crippen LogP contribution >= 0.6 is 23.2 Å². The van der Waals surface area contributed by atoms with Crippen LogP contribution in [0.25, 0.3) is 0 Å². The minimum atomic E-state index is -0.579. The SMILES string of the molecule is CCCCNC(=O)[C@H](C)N(Cc1ccc(Cl)c(Cl)c1)C(=O)CCc1ccccc1. The molecule has 0 saturated carbocycles. The Bertz CT molecular complexity index is 812. The van der Waals surface area contributed by atoms with Gasteiger partial charge in [0.2, 0.25) is 11.8 Å². The number of carbonyl (C=O) groups is 2. The predicted octanol–water partition coefficient (Wildman–Crippen LogP) is 5.26. The van der Waals surface area contributed by atoms with Crippen molar-refractivity contribution in [1.82, 2.24) is 10.2 Å². The van der Waals surface area contributed by atoms with Crippen LogP contribution in [0.1, 0.15) is 44.2 Å². The van der Waals surface area contributed by atoms with Crippen LogP contribution in [0.2, 0.25) is 10.0 Å². The molecule has 0 heterocycles. The van der Waals surface area contributed by atoms with E-state index >= 15 is 0 Å². The summed E-state index contributed by atoms with van der Waals surface area (Å²) in [6.07, 6.45) is 2.87. The van der Waals surface area contributed by atoms with E-state index in [9.17, 15) is 9.59 Å². The van der Waals surface area contributed by atoms with Crippen molar-refractivity contribution in [2.24, 2.45) is 0 Å². The monoisotopic (exact) mass is 434 g/mol. The molecule has 29 heavy (non-hydrogen) atoms. The molecule has 1 atom stereocenters. The summed E-state index contributed by atoms with van der Waals surface area (Å²) >= 11 is 12.1. The number of benzene rings is 2. The van der Waals surface area contributed by atoms with Gasteiger partial charge in [-0.2, -0.15) is 0 Å². The maximum atomic E-state index is 13.0. The molecule has 156 valence electrons. The third-order valence-electron chi connectivity index (χ3n) is 4.80. The van der Waals surface area contributed by atoms with Gasteiger partial charge in [-0.05, 0) is 43.0 Å². The molecule has 0 fully saturated rings. The lowest BCUT2D eigenvalue weighted by molar-refractivity contribution is -0.140. The van der Waals surface area contributed by atoms with Gasteiger partial charge < -0.3 is 10.2 Å². The van der Waals surface area contributed by atoms with Gasteiger partial charge in [-0.3, -0.25) is 9.59 Å². The van der Waals surface area contributed by atoms with Crippen molar-refractivity contribution in [3.63, 3.8) is 0 Å². The zero-order valence-corrected chi connectivity index (χ0v) is 18.5. The van der Waals surface area contributed by atoms with E-state index in [0.29, 0.717) is 36.0 Å². The molecule has 0 bridgehead atoms. The smallest absolute Gasteiger partial charge is 0.242 e. The minimum Gasteiger partial charge on any atom is -0.354 e. The average molecular weight is 435 g/mol. The van der Waals surface area contributed by atoms with E-state index < -0.39 is 6.04 Å². The summed E-state index contributed by atoms with van der Waals surface area (Å²) < 4.78 is 0. The van der Waals surface area contributed by atoms with Gasteiger partial charge in [-0.25, -0.2) is 0 Å². The highest BCUT2D eigenvalue weighted by Gasteiger charge is 2.25. The third kappa shape index (κ3) is 7.37. The van der Waals surface area contributed by atoms with Gasteiger partial charge in [0, 0.05) is 19.5 Å². The summed E-state index contributed by atoms with van der Waals surface area (Å²) in [5, 5.41) is 3.81. The second kappa shape index (κ2) is 11.8. The third-order valence-corrected chi connectivity index (χ3v) is 5.54. The van der Waals surface area contributed by atoms with E-state index in [2.05, 4.69) is 12.2 Å². The Hall–Kier alpha value is -2.04.